The molecule has 1 aromatic rings. The maximum Gasteiger partial charge on any atom is 0.419 e. The number of carboxylic acid groups (broad SMARTS) is 1. The number of amides is 2. The van der Waals surface area contributed by atoms with Crippen LogP contribution in [0.4, 0.5) is 9.59 Å². The van der Waals surface area contributed by atoms with Crippen LogP contribution in [0, 0.1) is 11.8 Å². The maximum atomic E-state index is 12.7. The molecule has 2 aliphatic rings. The van der Waals surface area contributed by atoms with E-state index in [1.807, 2.05) is 6.20 Å². The molecule has 2 atom stereocenters. The zero-order valence-corrected chi connectivity index (χ0v) is 22.9. The van der Waals surface area contributed by atoms with Gasteiger partial charge in [0, 0.05) is 18.8 Å². The van der Waals surface area contributed by atoms with Gasteiger partial charge in [-0.1, -0.05) is 6.92 Å². The molecule has 2 saturated carbocycles. The highest BCUT2D eigenvalue weighted by atomic mass is 16.6. The van der Waals surface area contributed by atoms with Crippen molar-refractivity contribution in [1.29, 1.82) is 0 Å². The lowest BCUT2D eigenvalue weighted by Gasteiger charge is -2.28. The van der Waals surface area contributed by atoms with E-state index in [0.29, 0.717) is 31.0 Å². The summed E-state index contributed by atoms with van der Waals surface area (Å²) in [5, 5.41) is 10.1. The third-order valence-corrected chi connectivity index (χ3v) is 7.11. The molecular weight excluding hydrogens is 462 g/mol. The Balaban J connectivity index is 1.64. The van der Waals surface area contributed by atoms with Crippen LogP contribution in [0.5, 0.6) is 0 Å². The van der Waals surface area contributed by atoms with Crippen molar-refractivity contribution in [3.63, 3.8) is 0 Å². The first-order chi connectivity index (χ1) is 16.6. The number of nitrogens with zero attached hydrogens (tertiary/aromatic N) is 3. The number of rotatable bonds is 7. The Kier molecular flexibility index (Phi) is 8.10. The lowest BCUT2D eigenvalue weighted by atomic mass is 9.87. The Morgan fingerprint density at radius 3 is 2.11 bits per heavy atom. The topological polar surface area (TPSA) is 111 Å². The van der Waals surface area contributed by atoms with Crippen molar-refractivity contribution < 1.29 is 29.0 Å². The molecule has 2 fully saturated rings. The van der Waals surface area contributed by atoms with Crippen LogP contribution in [0.15, 0.2) is 12.5 Å². The fourth-order valence-electron chi connectivity index (χ4n) is 5.06. The number of carboxylic acids is 1. The van der Waals surface area contributed by atoms with Gasteiger partial charge in [0.25, 0.3) is 0 Å². The number of aromatic nitrogens is 2. The van der Waals surface area contributed by atoms with Gasteiger partial charge in [0.15, 0.2) is 0 Å². The first-order valence-corrected chi connectivity index (χ1v) is 13.1. The lowest BCUT2D eigenvalue weighted by molar-refractivity contribution is -0.140. The fourth-order valence-corrected chi connectivity index (χ4v) is 5.06. The van der Waals surface area contributed by atoms with E-state index in [4.69, 9.17) is 9.47 Å². The molecule has 3 rings (SSSR count). The SMILES string of the molecule is CC(C)(C)OC(=O)N(CCC[C@H]1C[C@]1(C(=O)O)c1cn([C@H]2CC[C@H](C)CC2)cn1)C(=O)OC(C)(C)C. The number of carbonyl (C=O) groups is 3. The minimum absolute atomic E-state index is 0.0880. The van der Waals surface area contributed by atoms with Gasteiger partial charge < -0.3 is 19.1 Å². The van der Waals surface area contributed by atoms with Gasteiger partial charge in [-0.25, -0.2) is 19.5 Å². The highest BCUT2D eigenvalue weighted by Gasteiger charge is 2.62. The van der Waals surface area contributed by atoms with Crippen LogP contribution in [-0.4, -0.2) is 55.5 Å². The zero-order valence-electron chi connectivity index (χ0n) is 22.9. The number of hydrogen-bond donors (Lipinski definition) is 1. The average Bonchev–Trinajstić information content (AvgIpc) is 3.25. The van der Waals surface area contributed by atoms with Gasteiger partial charge >= 0.3 is 18.2 Å². The number of aliphatic carboxylic acids is 1. The molecule has 36 heavy (non-hydrogen) atoms. The second-order valence-electron chi connectivity index (χ2n) is 12.6. The molecule has 0 saturated heterocycles. The molecule has 202 valence electrons. The zero-order chi connectivity index (χ0) is 26.9. The third kappa shape index (κ3) is 6.79. The van der Waals surface area contributed by atoms with Crippen LogP contribution in [0.25, 0.3) is 0 Å². The molecule has 1 heterocycles. The lowest BCUT2D eigenvalue weighted by Crippen LogP contribution is -2.44. The number of imide groups is 1. The van der Waals surface area contributed by atoms with E-state index >= 15 is 0 Å². The predicted octanol–water partition coefficient (Wildman–Crippen LogP) is 5.93. The summed E-state index contributed by atoms with van der Waals surface area (Å²) in [5.74, 6) is -0.238. The van der Waals surface area contributed by atoms with E-state index in [-0.39, 0.29) is 12.5 Å². The monoisotopic (exact) mass is 505 g/mol. The molecule has 0 aromatic carbocycles. The summed E-state index contributed by atoms with van der Waals surface area (Å²) in [6.07, 6.45) is 8.19. The highest BCUT2D eigenvalue weighted by molar-refractivity contribution is 5.88. The molecule has 9 heteroatoms. The van der Waals surface area contributed by atoms with E-state index < -0.39 is 34.8 Å². The molecule has 2 amide bonds. The highest BCUT2D eigenvalue weighted by Crippen LogP contribution is 2.56. The van der Waals surface area contributed by atoms with Crippen LogP contribution < -0.4 is 0 Å². The number of ether oxygens (including phenoxy) is 2. The summed E-state index contributed by atoms with van der Waals surface area (Å²) in [6, 6.07) is 0.377. The van der Waals surface area contributed by atoms with Crippen molar-refractivity contribution >= 4 is 18.2 Å². The van der Waals surface area contributed by atoms with E-state index in [1.165, 1.54) is 12.8 Å². The van der Waals surface area contributed by atoms with Gasteiger partial charge in [-0.2, -0.15) is 0 Å². The van der Waals surface area contributed by atoms with Gasteiger partial charge in [0.1, 0.15) is 16.6 Å². The largest absolute Gasteiger partial charge is 0.481 e. The van der Waals surface area contributed by atoms with Gasteiger partial charge in [-0.05, 0) is 98.3 Å². The van der Waals surface area contributed by atoms with Crippen molar-refractivity contribution in [2.75, 3.05) is 6.54 Å². The average molecular weight is 506 g/mol. The van der Waals surface area contributed by atoms with Crippen LogP contribution in [-0.2, 0) is 19.7 Å². The molecule has 2 aliphatic carbocycles. The normalized spacial score (nSPS) is 26.2. The molecule has 0 radical (unpaired) electrons. The first-order valence-electron chi connectivity index (χ1n) is 13.1. The summed E-state index contributed by atoms with van der Waals surface area (Å²) in [7, 11) is 0. The van der Waals surface area contributed by atoms with Crippen LogP contribution in [0.1, 0.15) is 105 Å². The Morgan fingerprint density at radius 2 is 1.61 bits per heavy atom. The minimum atomic E-state index is -1.00. The van der Waals surface area contributed by atoms with Gasteiger partial charge in [-0.15, -0.1) is 0 Å². The Morgan fingerprint density at radius 1 is 1.06 bits per heavy atom. The van der Waals surface area contributed by atoms with Crippen LogP contribution >= 0.6 is 0 Å². The van der Waals surface area contributed by atoms with Crippen molar-refractivity contribution in [2.45, 2.75) is 116 Å². The Hall–Kier alpha value is -2.58. The molecule has 1 N–H and O–H groups in total. The third-order valence-electron chi connectivity index (χ3n) is 7.11. The minimum Gasteiger partial charge on any atom is -0.481 e. The smallest absolute Gasteiger partial charge is 0.419 e. The van der Waals surface area contributed by atoms with Crippen LogP contribution in [0.2, 0.25) is 0 Å². The molecule has 0 aliphatic heterocycles. The molecule has 0 bridgehead atoms. The standard InChI is InChI=1S/C27H43N3O6/c1-18-10-12-20(13-11-18)29-16-21(28-17-29)27(22(31)32)15-19(27)9-8-14-30(23(33)35-25(2,3)4)24(34)36-26(5,6)7/h16-20H,8-15H2,1-7H3,(H,31,32)/t18-,19-,20-,27+/m0/s1. The summed E-state index contributed by atoms with van der Waals surface area (Å²) in [4.78, 5) is 43.2. The van der Waals surface area contributed by atoms with Gasteiger partial charge in [0.2, 0.25) is 0 Å². The molecule has 0 unspecified atom stereocenters. The Bertz CT molecular complexity index is 923. The summed E-state index contributed by atoms with van der Waals surface area (Å²) < 4.78 is 12.9. The number of imidazole rings is 1. The fraction of sp³-hybridized carbons (Fsp3) is 0.778. The van der Waals surface area contributed by atoms with Crippen molar-refractivity contribution in [1.82, 2.24) is 14.5 Å². The van der Waals surface area contributed by atoms with Gasteiger partial charge in [-0.3, -0.25) is 4.79 Å². The van der Waals surface area contributed by atoms with Crippen molar-refractivity contribution in [2.24, 2.45) is 11.8 Å². The Labute approximate surface area is 214 Å². The number of carbonyl (C=O) groups excluding carboxylic acids is 2. The molecule has 1 aromatic heterocycles. The van der Waals surface area contributed by atoms with E-state index in [1.54, 1.807) is 47.9 Å². The van der Waals surface area contributed by atoms with Gasteiger partial charge in [0.05, 0.1) is 12.0 Å². The van der Waals surface area contributed by atoms with E-state index in [0.717, 1.165) is 23.7 Å². The molecule has 0 spiro atoms. The summed E-state index contributed by atoms with van der Waals surface area (Å²) in [5.41, 5.74) is -1.92. The quantitative estimate of drug-likeness (QED) is 0.489. The van der Waals surface area contributed by atoms with Crippen LogP contribution in [0.3, 0.4) is 0 Å². The predicted molar refractivity (Wildman–Crippen MR) is 135 cm³/mol. The summed E-state index contributed by atoms with van der Waals surface area (Å²) >= 11 is 0. The molecular formula is C27H43N3O6. The maximum absolute atomic E-state index is 12.7. The van der Waals surface area contributed by atoms with Crippen molar-refractivity contribution in [3.8, 4) is 0 Å². The first kappa shape index (κ1) is 28.0. The molecule has 9 nitrogen and oxygen atoms in total. The van der Waals surface area contributed by atoms with E-state index in [2.05, 4.69) is 16.5 Å². The second-order valence-corrected chi connectivity index (χ2v) is 12.6. The number of hydrogen-bond acceptors (Lipinski definition) is 6. The second kappa shape index (κ2) is 10.4. The van der Waals surface area contributed by atoms with Crippen molar-refractivity contribution in [3.05, 3.63) is 18.2 Å². The van der Waals surface area contributed by atoms with E-state index in [9.17, 15) is 19.5 Å². The summed E-state index contributed by atoms with van der Waals surface area (Å²) in [6.45, 7) is 12.8.